The van der Waals surface area contributed by atoms with Crippen molar-refractivity contribution < 1.29 is 5.11 Å². The Morgan fingerprint density at radius 1 is 0.762 bits per heavy atom. The normalized spacial score (nSPS) is 27.6. The summed E-state index contributed by atoms with van der Waals surface area (Å²) in [7, 11) is 0. The Hall–Kier alpha value is -0.980. The lowest BCUT2D eigenvalue weighted by atomic mass is 9.70. The molecule has 0 saturated heterocycles. The van der Waals surface area contributed by atoms with Crippen LogP contribution in [0.4, 0.5) is 0 Å². The predicted octanol–water partition coefficient (Wildman–Crippen LogP) is 5.71. The van der Waals surface area contributed by atoms with Gasteiger partial charge in [0.05, 0.1) is 0 Å². The van der Waals surface area contributed by atoms with E-state index in [1.807, 2.05) is 12.1 Å². The van der Waals surface area contributed by atoms with Gasteiger partial charge in [-0.05, 0) is 61.1 Å². The van der Waals surface area contributed by atoms with Crippen LogP contribution in [0.1, 0.15) is 69.8 Å². The van der Waals surface area contributed by atoms with Gasteiger partial charge in [-0.3, -0.25) is 0 Å². The SMILES string of the molecule is Oc1ccc(CCC2CCC(C3CCCCC3)CC2)cc1. The van der Waals surface area contributed by atoms with Gasteiger partial charge in [-0.2, -0.15) is 0 Å². The smallest absolute Gasteiger partial charge is 0.115 e. The molecule has 3 rings (SSSR count). The number of benzene rings is 1. The van der Waals surface area contributed by atoms with Gasteiger partial charge >= 0.3 is 0 Å². The highest BCUT2D eigenvalue weighted by molar-refractivity contribution is 5.25. The molecule has 0 aromatic heterocycles. The van der Waals surface area contributed by atoms with Crippen LogP contribution in [0.25, 0.3) is 0 Å². The van der Waals surface area contributed by atoms with Crippen LogP contribution >= 0.6 is 0 Å². The third kappa shape index (κ3) is 4.25. The van der Waals surface area contributed by atoms with E-state index in [1.165, 1.54) is 76.2 Å². The lowest BCUT2D eigenvalue weighted by molar-refractivity contribution is 0.163. The lowest BCUT2D eigenvalue weighted by Crippen LogP contribution is -2.23. The molecular formula is C20H30O. The van der Waals surface area contributed by atoms with E-state index >= 15 is 0 Å². The number of phenolic OH excluding ortho intramolecular Hbond substituents is 1. The van der Waals surface area contributed by atoms with Gasteiger partial charge in [-0.1, -0.05) is 57.1 Å². The molecule has 0 heterocycles. The summed E-state index contributed by atoms with van der Waals surface area (Å²) < 4.78 is 0. The maximum atomic E-state index is 9.33. The zero-order valence-corrected chi connectivity index (χ0v) is 13.3. The van der Waals surface area contributed by atoms with Gasteiger partial charge in [0.15, 0.2) is 0 Å². The summed E-state index contributed by atoms with van der Waals surface area (Å²) in [6.07, 6.45) is 15.9. The minimum Gasteiger partial charge on any atom is -0.508 e. The second-order valence-corrected chi connectivity index (χ2v) is 7.38. The van der Waals surface area contributed by atoms with Gasteiger partial charge in [0.2, 0.25) is 0 Å². The zero-order valence-electron chi connectivity index (χ0n) is 13.3. The Morgan fingerprint density at radius 3 is 2.05 bits per heavy atom. The summed E-state index contributed by atoms with van der Waals surface area (Å²) >= 11 is 0. The lowest BCUT2D eigenvalue weighted by Gasteiger charge is -2.36. The van der Waals surface area contributed by atoms with E-state index in [-0.39, 0.29) is 0 Å². The number of hydrogen-bond acceptors (Lipinski definition) is 1. The van der Waals surface area contributed by atoms with Crippen molar-refractivity contribution in [2.45, 2.75) is 70.6 Å². The van der Waals surface area contributed by atoms with Crippen LogP contribution in [-0.2, 0) is 6.42 Å². The van der Waals surface area contributed by atoms with Crippen LogP contribution in [0.3, 0.4) is 0 Å². The van der Waals surface area contributed by atoms with E-state index in [4.69, 9.17) is 0 Å². The first-order valence-corrected chi connectivity index (χ1v) is 9.09. The minimum absolute atomic E-state index is 0.381. The Balaban J connectivity index is 1.40. The molecule has 0 bridgehead atoms. The molecule has 1 heteroatoms. The minimum atomic E-state index is 0.381. The molecule has 21 heavy (non-hydrogen) atoms. The van der Waals surface area contributed by atoms with Crippen molar-refractivity contribution in [1.82, 2.24) is 0 Å². The van der Waals surface area contributed by atoms with Crippen LogP contribution in [0.2, 0.25) is 0 Å². The van der Waals surface area contributed by atoms with E-state index in [2.05, 4.69) is 12.1 Å². The molecule has 2 fully saturated rings. The summed E-state index contributed by atoms with van der Waals surface area (Å²) in [4.78, 5) is 0. The average molecular weight is 286 g/mol. The number of hydrogen-bond donors (Lipinski definition) is 1. The van der Waals surface area contributed by atoms with E-state index in [9.17, 15) is 5.11 Å². The number of rotatable bonds is 4. The summed E-state index contributed by atoms with van der Waals surface area (Å²) in [6, 6.07) is 7.77. The van der Waals surface area contributed by atoms with Gasteiger partial charge in [0.25, 0.3) is 0 Å². The van der Waals surface area contributed by atoms with Crippen molar-refractivity contribution in [3.05, 3.63) is 29.8 Å². The molecule has 1 aromatic carbocycles. The molecular weight excluding hydrogens is 256 g/mol. The number of aromatic hydroxyl groups is 1. The average Bonchev–Trinajstić information content (AvgIpc) is 2.56. The molecule has 2 aliphatic carbocycles. The molecule has 0 unspecified atom stereocenters. The third-order valence-electron chi connectivity index (χ3n) is 5.99. The van der Waals surface area contributed by atoms with Crippen LogP contribution < -0.4 is 0 Å². The third-order valence-corrected chi connectivity index (χ3v) is 5.99. The van der Waals surface area contributed by atoms with Crippen molar-refractivity contribution in [3.63, 3.8) is 0 Å². The van der Waals surface area contributed by atoms with Crippen molar-refractivity contribution in [1.29, 1.82) is 0 Å². The topological polar surface area (TPSA) is 20.2 Å². The van der Waals surface area contributed by atoms with Crippen LogP contribution in [0.5, 0.6) is 5.75 Å². The molecule has 0 radical (unpaired) electrons. The molecule has 1 nitrogen and oxygen atoms in total. The van der Waals surface area contributed by atoms with E-state index in [0.29, 0.717) is 5.75 Å². The fraction of sp³-hybridized carbons (Fsp3) is 0.700. The van der Waals surface area contributed by atoms with Crippen molar-refractivity contribution >= 4 is 0 Å². The fourth-order valence-corrected chi connectivity index (χ4v) is 4.59. The second kappa shape index (κ2) is 7.33. The standard InChI is InChI=1S/C20H30O/c21-20-14-10-17(11-15-20)7-6-16-8-12-19(13-9-16)18-4-2-1-3-5-18/h10-11,14-16,18-19,21H,1-9,12-13H2. The van der Waals surface area contributed by atoms with Crippen molar-refractivity contribution in [2.75, 3.05) is 0 Å². The molecule has 116 valence electrons. The fourth-order valence-electron chi connectivity index (χ4n) is 4.59. The first-order chi connectivity index (χ1) is 10.3. The van der Waals surface area contributed by atoms with Crippen LogP contribution in [0, 0.1) is 17.8 Å². The molecule has 0 amide bonds. The van der Waals surface area contributed by atoms with Gasteiger partial charge in [0, 0.05) is 0 Å². The Morgan fingerprint density at radius 2 is 1.38 bits per heavy atom. The van der Waals surface area contributed by atoms with Gasteiger partial charge < -0.3 is 5.11 Å². The maximum absolute atomic E-state index is 9.33. The quantitative estimate of drug-likeness (QED) is 0.751. The monoisotopic (exact) mass is 286 g/mol. The first-order valence-electron chi connectivity index (χ1n) is 9.09. The number of phenols is 1. The van der Waals surface area contributed by atoms with Crippen molar-refractivity contribution in [3.8, 4) is 5.75 Å². The van der Waals surface area contributed by atoms with E-state index in [1.54, 1.807) is 0 Å². The summed E-state index contributed by atoms with van der Waals surface area (Å²) in [5.41, 5.74) is 1.38. The van der Waals surface area contributed by atoms with Gasteiger partial charge in [0.1, 0.15) is 5.75 Å². The second-order valence-electron chi connectivity index (χ2n) is 7.38. The van der Waals surface area contributed by atoms with Crippen LogP contribution in [-0.4, -0.2) is 5.11 Å². The highest BCUT2D eigenvalue weighted by atomic mass is 16.3. The molecule has 2 aliphatic rings. The van der Waals surface area contributed by atoms with Crippen LogP contribution in [0.15, 0.2) is 24.3 Å². The van der Waals surface area contributed by atoms with E-state index in [0.717, 1.165) is 17.8 Å². The summed E-state index contributed by atoms with van der Waals surface area (Å²) in [5.74, 6) is 3.44. The van der Waals surface area contributed by atoms with Crippen molar-refractivity contribution in [2.24, 2.45) is 17.8 Å². The zero-order chi connectivity index (χ0) is 14.5. The molecule has 0 atom stereocenters. The van der Waals surface area contributed by atoms with Gasteiger partial charge in [-0.15, -0.1) is 0 Å². The highest BCUT2D eigenvalue weighted by Gasteiger charge is 2.28. The highest BCUT2D eigenvalue weighted by Crippen LogP contribution is 2.40. The predicted molar refractivity (Wildman–Crippen MR) is 88.5 cm³/mol. The first kappa shape index (κ1) is 14.9. The molecule has 1 N–H and O–H groups in total. The molecule has 0 aliphatic heterocycles. The number of aryl methyl sites for hydroxylation is 1. The molecule has 0 spiro atoms. The van der Waals surface area contributed by atoms with Gasteiger partial charge in [-0.25, -0.2) is 0 Å². The molecule has 1 aromatic rings. The Bertz CT molecular complexity index is 408. The Labute approximate surface area is 129 Å². The largest absolute Gasteiger partial charge is 0.508 e. The summed E-state index contributed by atoms with van der Waals surface area (Å²) in [5, 5.41) is 9.33. The molecule has 2 saturated carbocycles. The van der Waals surface area contributed by atoms with E-state index < -0.39 is 0 Å². The maximum Gasteiger partial charge on any atom is 0.115 e. The Kier molecular flexibility index (Phi) is 5.22. The summed E-state index contributed by atoms with van der Waals surface area (Å²) in [6.45, 7) is 0.